The molecule has 1 aromatic heterocycles. The monoisotopic (exact) mass is 512 g/mol. The molecular formula is C11H19N2O15P3. The first-order chi connectivity index (χ1) is 14.1. The SMILES string of the molecule is COP(=O)(O)OP(=O)(O)OP(=O)(O)OC[C@H]1O[C@@H](c2cn(C)c(=O)[nH]c2=O)[C@@H](O)C1O. The highest BCUT2D eigenvalue weighted by Gasteiger charge is 2.47. The van der Waals surface area contributed by atoms with E-state index in [4.69, 9.17) is 9.63 Å². The molecule has 0 aliphatic carbocycles. The highest BCUT2D eigenvalue weighted by Crippen LogP contribution is 2.67. The minimum atomic E-state index is -5.62. The van der Waals surface area contributed by atoms with Crippen molar-refractivity contribution in [2.45, 2.75) is 24.4 Å². The lowest BCUT2D eigenvalue weighted by Gasteiger charge is -2.19. The number of phosphoric acid groups is 3. The second-order valence-electron chi connectivity index (χ2n) is 6.08. The Morgan fingerprint density at radius 2 is 1.65 bits per heavy atom. The summed E-state index contributed by atoms with van der Waals surface area (Å²) in [5.74, 6) is 0. The van der Waals surface area contributed by atoms with Gasteiger partial charge in [-0.3, -0.25) is 18.8 Å². The maximum atomic E-state index is 11.9. The highest BCUT2D eigenvalue weighted by atomic mass is 31.3. The number of aliphatic hydroxyl groups excluding tert-OH is 2. The van der Waals surface area contributed by atoms with Crippen LogP contribution in [0.25, 0.3) is 0 Å². The molecule has 1 saturated heterocycles. The summed E-state index contributed by atoms with van der Waals surface area (Å²) in [7, 11) is -14.2. The molecule has 0 aromatic carbocycles. The zero-order chi connectivity index (χ0) is 23.8. The van der Waals surface area contributed by atoms with Gasteiger partial charge in [0.05, 0.1) is 12.2 Å². The van der Waals surface area contributed by atoms with Crippen LogP contribution in [0, 0.1) is 0 Å². The summed E-state index contributed by atoms with van der Waals surface area (Å²) in [4.78, 5) is 53.1. The van der Waals surface area contributed by atoms with Gasteiger partial charge in [-0.2, -0.15) is 8.62 Å². The Balaban J connectivity index is 2.08. The number of aryl methyl sites for hydroxylation is 1. The molecule has 0 saturated carbocycles. The van der Waals surface area contributed by atoms with E-state index >= 15 is 0 Å². The van der Waals surface area contributed by atoms with Gasteiger partial charge in [-0.1, -0.05) is 0 Å². The first-order valence-electron chi connectivity index (χ1n) is 8.00. The van der Waals surface area contributed by atoms with E-state index in [1.165, 1.54) is 7.05 Å². The van der Waals surface area contributed by atoms with Crippen molar-refractivity contribution in [1.82, 2.24) is 9.55 Å². The molecule has 178 valence electrons. The third-order valence-corrected chi connectivity index (χ3v) is 8.09. The van der Waals surface area contributed by atoms with Gasteiger partial charge < -0.3 is 34.2 Å². The van der Waals surface area contributed by atoms with Crippen molar-refractivity contribution in [1.29, 1.82) is 0 Å². The fourth-order valence-corrected chi connectivity index (χ4v) is 5.69. The molecule has 17 nitrogen and oxygen atoms in total. The molecule has 1 aromatic rings. The second kappa shape index (κ2) is 9.45. The summed E-state index contributed by atoms with van der Waals surface area (Å²) in [5, 5.41) is 20.2. The quantitative estimate of drug-likeness (QED) is 0.200. The van der Waals surface area contributed by atoms with E-state index in [1.807, 2.05) is 4.98 Å². The Morgan fingerprint density at radius 1 is 1.06 bits per heavy atom. The smallest absolute Gasteiger partial charge is 0.387 e. The van der Waals surface area contributed by atoms with Gasteiger partial charge in [0.25, 0.3) is 5.56 Å². The standard InChI is InChI=1S/C11H19N2O15P3/c1-13-3-5(10(16)12-11(13)17)9-8(15)7(14)6(26-9)4-25-30(20,21)28-31(22,23)27-29(18,19)24-2/h3,6-9,14-15H,4H2,1-2H3,(H,18,19)(H,20,21)(H,22,23)(H,12,16,17)/t6-,7?,8+,9+/m1/s1. The molecule has 20 heteroatoms. The number of nitrogens with one attached hydrogen (secondary N) is 1. The van der Waals surface area contributed by atoms with Crippen molar-refractivity contribution in [3.05, 3.63) is 32.6 Å². The number of aliphatic hydroxyl groups is 2. The van der Waals surface area contributed by atoms with Crippen molar-refractivity contribution >= 4 is 23.5 Å². The van der Waals surface area contributed by atoms with Crippen LogP contribution in [0.5, 0.6) is 0 Å². The second-order valence-corrected chi connectivity index (χ2v) is 10.8. The zero-order valence-electron chi connectivity index (χ0n) is 15.7. The molecular weight excluding hydrogens is 493 g/mol. The van der Waals surface area contributed by atoms with Gasteiger partial charge in [0.1, 0.15) is 24.4 Å². The molecule has 0 bridgehead atoms. The van der Waals surface area contributed by atoms with Crippen LogP contribution in [0.15, 0.2) is 15.8 Å². The summed E-state index contributed by atoms with van der Waals surface area (Å²) in [6.07, 6.45) is -5.44. The van der Waals surface area contributed by atoms with Crippen LogP contribution in [0.4, 0.5) is 0 Å². The Morgan fingerprint density at radius 3 is 2.23 bits per heavy atom. The molecule has 7 atom stereocenters. The minimum Gasteiger partial charge on any atom is -0.387 e. The van der Waals surface area contributed by atoms with Crippen LogP contribution in [0.2, 0.25) is 0 Å². The van der Waals surface area contributed by atoms with Gasteiger partial charge in [0.15, 0.2) is 0 Å². The predicted molar refractivity (Wildman–Crippen MR) is 96.5 cm³/mol. The lowest BCUT2D eigenvalue weighted by Crippen LogP contribution is -2.35. The fourth-order valence-electron chi connectivity index (χ4n) is 2.43. The fraction of sp³-hybridized carbons (Fsp3) is 0.636. The molecule has 2 heterocycles. The van der Waals surface area contributed by atoms with Crippen molar-refractivity contribution in [2.24, 2.45) is 7.05 Å². The average molecular weight is 512 g/mol. The summed E-state index contributed by atoms with van der Waals surface area (Å²) in [6, 6.07) is 0. The van der Waals surface area contributed by atoms with E-state index in [0.29, 0.717) is 7.11 Å². The van der Waals surface area contributed by atoms with Crippen LogP contribution in [0.3, 0.4) is 0 Å². The van der Waals surface area contributed by atoms with Crippen molar-refractivity contribution in [3.8, 4) is 0 Å². The topological polar surface area (TPSA) is 253 Å². The maximum Gasteiger partial charge on any atom is 0.490 e. The molecule has 4 unspecified atom stereocenters. The number of nitrogens with zero attached hydrogens (tertiary/aromatic N) is 1. The largest absolute Gasteiger partial charge is 0.490 e. The molecule has 1 aliphatic rings. The first kappa shape index (κ1) is 26.2. The van der Waals surface area contributed by atoms with Crippen LogP contribution >= 0.6 is 23.5 Å². The van der Waals surface area contributed by atoms with Crippen LogP contribution in [-0.2, 0) is 43.1 Å². The molecule has 0 radical (unpaired) electrons. The van der Waals surface area contributed by atoms with Gasteiger partial charge in [-0.05, 0) is 0 Å². The number of H-pyrrole nitrogens is 1. The van der Waals surface area contributed by atoms with Gasteiger partial charge in [-0.15, -0.1) is 0 Å². The van der Waals surface area contributed by atoms with Crippen LogP contribution in [0.1, 0.15) is 11.7 Å². The summed E-state index contributed by atoms with van der Waals surface area (Å²) in [6.45, 7) is -1.01. The summed E-state index contributed by atoms with van der Waals surface area (Å²) >= 11 is 0. The van der Waals surface area contributed by atoms with E-state index < -0.39 is 65.7 Å². The Hall–Kier alpha value is -1.03. The van der Waals surface area contributed by atoms with Crippen molar-refractivity contribution < 1.29 is 61.0 Å². The van der Waals surface area contributed by atoms with E-state index in [-0.39, 0.29) is 5.56 Å². The number of ether oxygens (including phenoxy) is 1. The van der Waals surface area contributed by atoms with Gasteiger partial charge in [0.2, 0.25) is 0 Å². The van der Waals surface area contributed by atoms with Gasteiger partial charge in [-0.25, -0.2) is 18.5 Å². The number of rotatable bonds is 9. The number of phosphoric ester groups is 2. The molecule has 31 heavy (non-hydrogen) atoms. The Kier molecular flexibility index (Phi) is 7.99. The van der Waals surface area contributed by atoms with Crippen LogP contribution in [-0.4, -0.2) is 66.5 Å². The first-order valence-corrected chi connectivity index (χ1v) is 12.5. The molecule has 1 aliphatic heterocycles. The average Bonchev–Trinajstić information content (AvgIpc) is 2.89. The van der Waals surface area contributed by atoms with E-state index in [0.717, 1.165) is 10.8 Å². The van der Waals surface area contributed by atoms with Gasteiger partial charge >= 0.3 is 29.2 Å². The van der Waals surface area contributed by atoms with E-state index in [9.17, 15) is 43.3 Å². The molecule has 6 N–H and O–H groups in total. The number of aromatic amines is 1. The third kappa shape index (κ3) is 6.73. The Bertz CT molecular complexity index is 1070. The minimum absolute atomic E-state index is 0.244. The highest BCUT2D eigenvalue weighted by molar-refractivity contribution is 7.66. The predicted octanol–water partition coefficient (Wildman–Crippen LogP) is -1.77. The number of hydrogen-bond acceptors (Lipinski definition) is 12. The molecule has 0 amide bonds. The van der Waals surface area contributed by atoms with Gasteiger partial charge in [0, 0.05) is 20.4 Å². The molecule has 0 spiro atoms. The molecule has 2 rings (SSSR count). The lowest BCUT2D eigenvalue weighted by atomic mass is 10.0. The third-order valence-electron chi connectivity index (χ3n) is 3.85. The van der Waals surface area contributed by atoms with E-state index in [2.05, 4.69) is 17.7 Å². The number of hydrogen-bond donors (Lipinski definition) is 6. The van der Waals surface area contributed by atoms with Crippen molar-refractivity contribution in [3.63, 3.8) is 0 Å². The Labute approximate surface area is 172 Å². The zero-order valence-corrected chi connectivity index (χ0v) is 18.4. The van der Waals surface area contributed by atoms with E-state index in [1.54, 1.807) is 0 Å². The molecule has 1 fully saturated rings. The van der Waals surface area contributed by atoms with Crippen LogP contribution < -0.4 is 11.2 Å². The number of aromatic nitrogens is 2. The summed E-state index contributed by atoms with van der Waals surface area (Å²) in [5.41, 5.74) is -1.91. The summed E-state index contributed by atoms with van der Waals surface area (Å²) < 4.78 is 56.5. The normalized spacial score (nSPS) is 29.8. The maximum absolute atomic E-state index is 11.9. The lowest BCUT2D eigenvalue weighted by molar-refractivity contribution is -0.0228. The van der Waals surface area contributed by atoms with Crippen molar-refractivity contribution in [2.75, 3.05) is 13.7 Å².